The van der Waals surface area contributed by atoms with Crippen molar-refractivity contribution in [3.8, 4) is 0 Å². The van der Waals surface area contributed by atoms with Gasteiger partial charge in [-0.1, -0.05) is 6.92 Å². The first kappa shape index (κ1) is 15.1. The van der Waals surface area contributed by atoms with Crippen molar-refractivity contribution in [2.45, 2.75) is 63.7 Å². The van der Waals surface area contributed by atoms with E-state index in [0.29, 0.717) is 37.4 Å². The van der Waals surface area contributed by atoms with Crippen molar-refractivity contribution >= 4 is 0 Å². The van der Waals surface area contributed by atoms with Crippen LogP contribution in [0.15, 0.2) is 0 Å². The molecule has 1 aliphatic carbocycles. The third-order valence-electron chi connectivity index (χ3n) is 5.03. The highest BCUT2D eigenvalue weighted by atomic mass is 19.4. The van der Waals surface area contributed by atoms with Gasteiger partial charge in [-0.3, -0.25) is 4.90 Å². The van der Waals surface area contributed by atoms with Crippen LogP contribution < -0.4 is 5.73 Å². The number of nitrogens with two attached hydrogens (primary N) is 1. The van der Waals surface area contributed by atoms with E-state index in [9.17, 15) is 13.2 Å². The number of hydrogen-bond acceptors (Lipinski definition) is 2. The predicted molar refractivity (Wildman–Crippen MR) is 69.7 cm³/mol. The molecule has 2 nitrogen and oxygen atoms in total. The summed E-state index contributed by atoms with van der Waals surface area (Å²) in [5.41, 5.74) is 5.87. The van der Waals surface area contributed by atoms with Crippen LogP contribution in [0.5, 0.6) is 0 Å². The standard InChI is InChI=1S/C14H25F3N2/c1-10-3-2-8-19(13(10)9-18)12-6-4-11(5-7-12)14(15,16)17/h10-13H,2-9,18H2,1H3. The van der Waals surface area contributed by atoms with E-state index >= 15 is 0 Å². The van der Waals surface area contributed by atoms with E-state index in [2.05, 4.69) is 11.8 Å². The molecule has 1 heterocycles. The topological polar surface area (TPSA) is 29.3 Å². The molecule has 1 aliphatic heterocycles. The molecule has 0 aromatic rings. The lowest BCUT2D eigenvalue weighted by atomic mass is 9.81. The second-order valence-electron chi connectivity index (χ2n) is 6.21. The van der Waals surface area contributed by atoms with E-state index in [0.717, 1.165) is 13.0 Å². The van der Waals surface area contributed by atoms with Crippen molar-refractivity contribution < 1.29 is 13.2 Å². The summed E-state index contributed by atoms with van der Waals surface area (Å²) < 4.78 is 38.0. The SMILES string of the molecule is CC1CCCN(C2CCC(C(F)(F)F)CC2)C1CN. The number of hydrogen-bond donors (Lipinski definition) is 1. The molecular formula is C14H25F3N2. The summed E-state index contributed by atoms with van der Waals surface area (Å²) in [6.07, 6.45) is 0.258. The quantitative estimate of drug-likeness (QED) is 0.840. The highest BCUT2D eigenvalue weighted by molar-refractivity contribution is 4.90. The lowest BCUT2D eigenvalue weighted by molar-refractivity contribution is -0.185. The maximum absolute atomic E-state index is 12.7. The molecule has 2 aliphatic rings. The van der Waals surface area contributed by atoms with Gasteiger partial charge >= 0.3 is 6.18 Å². The molecule has 0 aromatic heterocycles. The van der Waals surface area contributed by atoms with Crippen LogP contribution in [0.1, 0.15) is 45.4 Å². The molecule has 2 fully saturated rings. The average molecular weight is 278 g/mol. The Morgan fingerprint density at radius 3 is 2.26 bits per heavy atom. The van der Waals surface area contributed by atoms with Crippen molar-refractivity contribution in [3.63, 3.8) is 0 Å². The van der Waals surface area contributed by atoms with E-state index in [4.69, 9.17) is 5.73 Å². The second kappa shape index (κ2) is 6.00. The van der Waals surface area contributed by atoms with Gasteiger partial charge in [-0.25, -0.2) is 0 Å². The Morgan fingerprint density at radius 1 is 1.11 bits per heavy atom. The van der Waals surface area contributed by atoms with Crippen molar-refractivity contribution in [2.75, 3.05) is 13.1 Å². The molecule has 112 valence electrons. The number of piperidine rings is 1. The first-order valence-corrected chi connectivity index (χ1v) is 7.46. The molecule has 1 saturated carbocycles. The van der Waals surface area contributed by atoms with Gasteiger partial charge in [0.25, 0.3) is 0 Å². The summed E-state index contributed by atoms with van der Waals surface area (Å²) in [5.74, 6) is -0.513. The van der Waals surface area contributed by atoms with Gasteiger partial charge in [0.15, 0.2) is 0 Å². The Morgan fingerprint density at radius 2 is 1.74 bits per heavy atom. The van der Waals surface area contributed by atoms with Crippen LogP contribution in [0.25, 0.3) is 0 Å². The van der Waals surface area contributed by atoms with Crippen LogP contribution in [0, 0.1) is 11.8 Å². The normalized spacial score (nSPS) is 38.4. The third kappa shape index (κ3) is 3.43. The van der Waals surface area contributed by atoms with E-state index in [-0.39, 0.29) is 12.8 Å². The minimum Gasteiger partial charge on any atom is -0.329 e. The van der Waals surface area contributed by atoms with Crippen molar-refractivity contribution in [2.24, 2.45) is 17.6 Å². The summed E-state index contributed by atoms with van der Waals surface area (Å²) in [6.45, 7) is 3.85. The van der Waals surface area contributed by atoms with Gasteiger partial charge in [-0.2, -0.15) is 13.2 Å². The Labute approximate surface area is 113 Å². The third-order valence-corrected chi connectivity index (χ3v) is 5.03. The summed E-state index contributed by atoms with van der Waals surface area (Å²) in [7, 11) is 0. The molecular weight excluding hydrogens is 253 g/mol. The fraction of sp³-hybridized carbons (Fsp3) is 1.00. The highest BCUT2D eigenvalue weighted by Gasteiger charge is 2.43. The molecule has 5 heteroatoms. The van der Waals surface area contributed by atoms with Crippen molar-refractivity contribution in [1.82, 2.24) is 4.90 Å². The largest absolute Gasteiger partial charge is 0.391 e. The highest BCUT2D eigenvalue weighted by Crippen LogP contribution is 2.40. The van der Waals surface area contributed by atoms with E-state index in [1.54, 1.807) is 0 Å². The lowest BCUT2D eigenvalue weighted by Gasteiger charge is -2.46. The van der Waals surface area contributed by atoms with E-state index in [1.807, 2.05) is 0 Å². The fourth-order valence-corrected chi connectivity index (χ4v) is 3.84. The number of alkyl halides is 3. The summed E-state index contributed by atoms with van der Waals surface area (Å²) >= 11 is 0. The molecule has 2 N–H and O–H groups in total. The lowest BCUT2D eigenvalue weighted by Crippen LogP contribution is -2.54. The first-order valence-electron chi connectivity index (χ1n) is 7.46. The summed E-state index contributed by atoms with van der Waals surface area (Å²) in [5, 5.41) is 0. The minimum absolute atomic E-state index is 0.288. The van der Waals surface area contributed by atoms with Crippen LogP contribution in [0.2, 0.25) is 0 Å². The molecule has 0 aromatic carbocycles. The Balaban J connectivity index is 1.93. The van der Waals surface area contributed by atoms with Crippen molar-refractivity contribution in [1.29, 1.82) is 0 Å². The van der Waals surface area contributed by atoms with Gasteiger partial charge in [-0.05, 0) is 51.0 Å². The van der Waals surface area contributed by atoms with E-state index in [1.165, 1.54) is 6.42 Å². The zero-order valence-corrected chi connectivity index (χ0v) is 11.6. The first-order chi connectivity index (χ1) is 8.93. The van der Waals surface area contributed by atoms with Gasteiger partial charge in [-0.15, -0.1) is 0 Å². The van der Waals surface area contributed by atoms with Crippen LogP contribution in [0.4, 0.5) is 13.2 Å². The maximum Gasteiger partial charge on any atom is 0.391 e. The molecule has 0 bridgehead atoms. The summed E-state index contributed by atoms with van der Waals surface area (Å²) in [6, 6.07) is 0.677. The summed E-state index contributed by atoms with van der Waals surface area (Å²) in [4.78, 5) is 2.40. The van der Waals surface area contributed by atoms with Crippen LogP contribution in [0.3, 0.4) is 0 Å². The maximum atomic E-state index is 12.7. The van der Waals surface area contributed by atoms with E-state index < -0.39 is 12.1 Å². The van der Waals surface area contributed by atoms with Gasteiger partial charge in [0.05, 0.1) is 5.92 Å². The molecule has 0 spiro atoms. The Kier molecular flexibility index (Phi) is 4.77. The van der Waals surface area contributed by atoms with Crippen molar-refractivity contribution in [3.05, 3.63) is 0 Å². The molecule has 1 saturated heterocycles. The number of halogens is 3. The van der Waals surface area contributed by atoms with Crippen LogP contribution >= 0.6 is 0 Å². The molecule has 19 heavy (non-hydrogen) atoms. The van der Waals surface area contributed by atoms with Gasteiger partial charge in [0.2, 0.25) is 0 Å². The number of nitrogens with zero attached hydrogens (tertiary/aromatic N) is 1. The Bertz CT molecular complexity index is 285. The smallest absolute Gasteiger partial charge is 0.329 e. The van der Waals surface area contributed by atoms with Crippen LogP contribution in [-0.2, 0) is 0 Å². The molecule has 0 amide bonds. The second-order valence-corrected chi connectivity index (χ2v) is 6.21. The van der Waals surface area contributed by atoms with Gasteiger partial charge in [0.1, 0.15) is 0 Å². The molecule has 2 atom stereocenters. The molecule has 2 unspecified atom stereocenters. The zero-order valence-electron chi connectivity index (χ0n) is 11.6. The Hall–Kier alpha value is -0.290. The number of rotatable bonds is 2. The number of likely N-dealkylation sites (tertiary alicyclic amines) is 1. The van der Waals surface area contributed by atoms with Gasteiger partial charge < -0.3 is 5.73 Å². The molecule has 2 rings (SSSR count). The average Bonchev–Trinajstić information content (AvgIpc) is 2.37. The predicted octanol–water partition coefficient (Wildman–Crippen LogP) is 3.17. The fourth-order valence-electron chi connectivity index (χ4n) is 3.84. The molecule has 0 radical (unpaired) electrons. The van der Waals surface area contributed by atoms with Crippen LogP contribution in [-0.4, -0.2) is 36.2 Å². The zero-order chi connectivity index (χ0) is 14.0. The monoisotopic (exact) mass is 278 g/mol. The minimum atomic E-state index is -4.01. The van der Waals surface area contributed by atoms with Gasteiger partial charge in [0, 0.05) is 18.6 Å².